The number of Topliss-reactive ketones (excluding diaryl/α,β-unsaturated/α-hetero) is 1. The zero-order chi connectivity index (χ0) is 27.5. The second kappa shape index (κ2) is 11.0. The van der Waals surface area contributed by atoms with Crippen molar-refractivity contribution in [3.8, 4) is 0 Å². The zero-order valence-corrected chi connectivity index (χ0v) is 21.7. The number of carbonyl (C=O) groups excluding carboxylic acids is 2. The van der Waals surface area contributed by atoms with E-state index < -0.39 is 39.3 Å². The molecule has 7 nitrogen and oxygen atoms in total. The fraction of sp³-hybridized carbons (Fsp3) is 0.385. The van der Waals surface area contributed by atoms with Crippen LogP contribution in [-0.2, 0) is 32.1 Å². The van der Waals surface area contributed by atoms with Crippen LogP contribution in [0.25, 0.3) is 5.57 Å². The number of hydrogen-bond donors (Lipinski definition) is 1. The van der Waals surface area contributed by atoms with Gasteiger partial charge in [0, 0.05) is 36.5 Å². The van der Waals surface area contributed by atoms with E-state index in [1.807, 2.05) is 13.8 Å². The van der Waals surface area contributed by atoms with E-state index in [2.05, 4.69) is 15.3 Å². The van der Waals surface area contributed by atoms with Crippen molar-refractivity contribution in [2.45, 2.75) is 57.1 Å². The van der Waals surface area contributed by atoms with Crippen LogP contribution in [0.15, 0.2) is 52.1 Å². The summed E-state index contributed by atoms with van der Waals surface area (Å²) in [4.78, 5) is 34.3. The molecule has 1 atom stereocenters. The van der Waals surface area contributed by atoms with Gasteiger partial charge in [0.2, 0.25) is 5.91 Å². The third-order valence-electron chi connectivity index (χ3n) is 6.33. The van der Waals surface area contributed by atoms with Gasteiger partial charge in [-0.3, -0.25) is 19.6 Å². The summed E-state index contributed by atoms with van der Waals surface area (Å²) in [5.74, 6) is -2.78. The van der Waals surface area contributed by atoms with E-state index in [1.54, 1.807) is 12.1 Å². The van der Waals surface area contributed by atoms with E-state index in [-0.39, 0.29) is 34.2 Å². The quantitative estimate of drug-likeness (QED) is 0.493. The normalized spacial score (nSPS) is 16.4. The predicted octanol–water partition coefficient (Wildman–Crippen LogP) is 4.72. The number of benzene rings is 1. The van der Waals surface area contributed by atoms with E-state index >= 15 is 0 Å². The molecule has 2 aromatic rings. The van der Waals surface area contributed by atoms with Gasteiger partial charge >= 0.3 is 6.18 Å². The molecule has 11 heteroatoms. The molecule has 0 bridgehead atoms. The molecule has 0 fully saturated rings. The van der Waals surface area contributed by atoms with Gasteiger partial charge in [-0.2, -0.15) is 13.2 Å². The van der Waals surface area contributed by atoms with Crippen molar-refractivity contribution < 1.29 is 31.2 Å². The average molecular weight is 536 g/mol. The molecule has 3 rings (SSSR count). The Hall–Kier alpha value is -3.34. The lowest BCUT2D eigenvalue weighted by Gasteiger charge is -2.24. The van der Waals surface area contributed by atoms with Gasteiger partial charge < -0.3 is 5.32 Å². The molecule has 1 aromatic heterocycles. The first-order valence-electron chi connectivity index (χ1n) is 11.7. The van der Waals surface area contributed by atoms with Crippen molar-refractivity contribution in [3.05, 3.63) is 64.6 Å². The molecule has 1 aromatic carbocycles. The molecule has 1 unspecified atom stereocenters. The molecule has 1 aliphatic rings. The van der Waals surface area contributed by atoms with Crippen LogP contribution in [0.2, 0.25) is 0 Å². The molecular weight excluding hydrogens is 507 g/mol. The largest absolute Gasteiger partial charge is 0.433 e. The number of rotatable bonds is 8. The molecular formula is C26H28F3N3O4S. The van der Waals surface area contributed by atoms with Crippen molar-refractivity contribution in [1.82, 2.24) is 10.3 Å². The first-order chi connectivity index (χ1) is 17.3. The van der Waals surface area contributed by atoms with E-state index in [1.165, 1.54) is 25.3 Å². The van der Waals surface area contributed by atoms with Crippen LogP contribution >= 0.6 is 0 Å². The summed E-state index contributed by atoms with van der Waals surface area (Å²) in [5.41, 5.74) is 0.255. The monoisotopic (exact) mass is 535 g/mol. The Morgan fingerprint density at radius 3 is 2.30 bits per heavy atom. The average Bonchev–Trinajstić information content (AvgIpc) is 2.83. The minimum Gasteiger partial charge on any atom is -0.351 e. The summed E-state index contributed by atoms with van der Waals surface area (Å²) in [6.45, 7) is 5.34. The van der Waals surface area contributed by atoms with Gasteiger partial charge in [-0.05, 0) is 60.6 Å². The molecule has 37 heavy (non-hydrogen) atoms. The molecule has 2 heterocycles. The van der Waals surface area contributed by atoms with Crippen LogP contribution in [0.3, 0.4) is 0 Å². The standard InChI is InChI=1S/C26H28F3N3O4S/c1-5-17(6-2)20-13-31-22(26(27,28)29)11-19(20)23-15(3)30-14-21(24(23)33)25(34)32-12-16-7-9-18(10-8-16)37(4,35)36/h7-11,13-14,17,21H,5-6,12H2,1-4H3,(H,32,34). The molecule has 0 radical (unpaired) electrons. The van der Waals surface area contributed by atoms with Crippen molar-refractivity contribution in [3.63, 3.8) is 0 Å². The zero-order valence-electron chi connectivity index (χ0n) is 20.9. The highest BCUT2D eigenvalue weighted by atomic mass is 32.2. The lowest BCUT2D eigenvalue weighted by Crippen LogP contribution is -2.38. The molecule has 0 saturated carbocycles. The maximum absolute atomic E-state index is 13.5. The Bertz CT molecular complexity index is 1360. The number of nitrogens with one attached hydrogen (secondary N) is 1. The van der Waals surface area contributed by atoms with Gasteiger partial charge in [0.15, 0.2) is 15.6 Å². The van der Waals surface area contributed by atoms with E-state index in [9.17, 15) is 31.2 Å². The summed E-state index contributed by atoms with van der Waals surface area (Å²) in [6, 6.07) is 6.77. The SMILES string of the molecule is CCC(CC)c1cnc(C(F)(F)F)cc1C1=C(C)N=CC(C(=O)NCc2ccc(S(C)(=O)=O)cc2)C1=O. The number of allylic oxidation sites excluding steroid dienone is 2. The fourth-order valence-corrected chi connectivity index (χ4v) is 4.84. The molecule has 198 valence electrons. The number of ketones is 1. The van der Waals surface area contributed by atoms with Crippen molar-refractivity contribution in [2.75, 3.05) is 6.26 Å². The third-order valence-corrected chi connectivity index (χ3v) is 7.46. The van der Waals surface area contributed by atoms with Crippen LogP contribution in [0.4, 0.5) is 13.2 Å². The molecule has 1 aliphatic heterocycles. The van der Waals surface area contributed by atoms with Gasteiger partial charge in [-0.1, -0.05) is 26.0 Å². The van der Waals surface area contributed by atoms with Gasteiger partial charge in [-0.15, -0.1) is 0 Å². The molecule has 0 aliphatic carbocycles. The van der Waals surface area contributed by atoms with Crippen molar-refractivity contribution >= 4 is 33.3 Å². The van der Waals surface area contributed by atoms with Gasteiger partial charge in [0.25, 0.3) is 0 Å². The number of pyridine rings is 1. The lowest BCUT2D eigenvalue weighted by atomic mass is 9.83. The number of nitrogens with zero attached hydrogens (tertiary/aromatic N) is 2. The van der Waals surface area contributed by atoms with Crippen LogP contribution in [0, 0.1) is 5.92 Å². The number of aliphatic imine (C=N–C) groups is 1. The minimum atomic E-state index is -4.71. The summed E-state index contributed by atoms with van der Waals surface area (Å²) in [5, 5.41) is 2.62. The minimum absolute atomic E-state index is 0.0188. The second-order valence-corrected chi connectivity index (χ2v) is 10.9. The number of sulfone groups is 1. The maximum atomic E-state index is 13.5. The highest BCUT2D eigenvalue weighted by Crippen LogP contribution is 2.38. The maximum Gasteiger partial charge on any atom is 0.433 e. The third kappa shape index (κ3) is 6.33. The first kappa shape index (κ1) is 28.2. The van der Waals surface area contributed by atoms with Crippen LogP contribution in [-0.4, -0.2) is 37.6 Å². The number of hydrogen-bond acceptors (Lipinski definition) is 6. The summed E-state index contributed by atoms with van der Waals surface area (Å²) in [6.07, 6.45) is -0.0202. The summed E-state index contributed by atoms with van der Waals surface area (Å²) >= 11 is 0. The number of amides is 1. The summed E-state index contributed by atoms with van der Waals surface area (Å²) in [7, 11) is -3.37. The topological polar surface area (TPSA) is 106 Å². The van der Waals surface area contributed by atoms with Crippen LogP contribution < -0.4 is 5.32 Å². The Morgan fingerprint density at radius 1 is 1.14 bits per heavy atom. The molecule has 1 N–H and O–H groups in total. The lowest BCUT2D eigenvalue weighted by molar-refractivity contribution is -0.141. The smallest absolute Gasteiger partial charge is 0.351 e. The van der Waals surface area contributed by atoms with E-state index in [0.717, 1.165) is 18.5 Å². The Kier molecular flexibility index (Phi) is 8.36. The number of carbonyl (C=O) groups is 2. The Morgan fingerprint density at radius 2 is 1.76 bits per heavy atom. The second-order valence-electron chi connectivity index (χ2n) is 8.88. The number of halogens is 3. The fourth-order valence-electron chi connectivity index (χ4n) is 4.21. The first-order valence-corrected chi connectivity index (χ1v) is 13.6. The van der Waals surface area contributed by atoms with Crippen LogP contribution in [0.1, 0.15) is 61.9 Å². The van der Waals surface area contributed by atoms with Gasteiger partial charge in [-0.25, -0.2) is 8.42 Å². The predicted molar refractivity (Wildman–Crippen MR) is 134 cm³/mol. The van der Waals surface area contributed by atoms with Gasteiger partial charge in [0.05, 0.1) is 4.90 Å². The highest BCUT2D eigenvalue weighted by molar-refractivity contribution is 7.90. The van der Waals surface area contributed by atoms with E-state index in [0.29, 0.717) is 24.0 Å². The molecule has 0 saturated heterocycles. The number of alkyl halides is 3. The highest BCUT2D eigenvalue weighted by Gasteiger charge is 2.37. The van der Waals surface area contributed by atoms with Crippen molar-refractivity contribution in [2.24, 2.45) is 10.9 Å². The van der Waals surface area contributed by atoms with Crippen molar-refractivity contribution in [1.29, 1.82) is 0 Å². The Labute approximate surface area is 213 Å². The Balaban J connectivity index is 1.90. The van der Waals surface area contributed by atoms with Gasteiger partial charge in [0.1, 0.15) is 11.6 Å². The summed E-state index contributed by atoms with van der Waals surface area (Å²) < 4.78 is 63.7. The van der Waals surface area contributed by atoms with E-state index in [4.69, 9.17) is 0 Å². The molecule has 1 amide bonds. The molecule has 0 spiro atoms. The van der Waals surface area contributed by atoms with Crippen LogP contribution in [0.5, 0.6) is 0 Å². The number of aromatic nitrogens is 1.